The number of carbonyl (C=O) groups is 2. The van der Waals surface area contributed by atoms with Gasteiger partial charge in [-0.2, -0.15) is 0 Å². The van der Waals surface area contributed by atoms with Crippen molar-refractivity contribution in [2.45, 2.75) is 6.54 Å². The smallest absolute Gasteiger partial charge is 0.253 e. The molecular weight excluding hydrogens is 418 g/mol. The van der Waals surface area contributed by atoms with Gasteiger partial charge in [0.25, 0.3) is 5.91 Å². The summed E-state index contributed by atoms with van der Waals surface area (Å²) in [7, 11) is 2.07. The molecule has 0 radical (unpaired) electrons. The van der Waals surface area contributed by atoms with Crippen LogP contribution in [-0.4, -0.2) is 54.8 Å². The first-order valence-electron chi connectivity index (χ1n) is 10.8. The highest BCUT2D eigenvalue weighted by Gasteiger charge is 2.20. The minimum absolute atomic E-state index is 0.0717. The number of rotatable bonds is 6. The first kappa shape index (κ1) is 22.0. The van der Waals surface area contributed by atoms with Gasteiger partial charge in [0.2, 0.25) is 5.91 Å². The Morgan fingerprint density at radius 2 is 1.66 bits per heavy atom. The first-order chi connectivity index (χ1) is 15.6. The van der Waals surface area contributed by atoms with Gasteiger partial charge in [0.15, 0.2) is 0 Å². The number of thiophene rings is 1. The topological polar surface area (TPSA) is 52.6 Å². The number of hydrogen-bond acceptors (Lipinski definition) is 4. The summed E-state index contributed by atoms with van der Waals surface area (Å²) >= 11 is 1.65. The summed E-state index contributed by atoms with van der Waals surface area (Å²) in [6, 6.07) is 21.8. The fourth-order valence-electron chi connectivity index (χ4n) is 3.56. The van der Waals surface area contributed by atoms with Crippen LogP contribution in [0, 0.1) is 0 Å². The van der Waals surface area contributed by atoms with E-state index in [9.17, 15) is 9.59 Å². The molecule has 2 amide bonds. The Balaban J connectivity index is 1.27. The van der Waals surface area contributed by atoms with E-state index in [1.165, 1.54) is 10.4 Å². The summed E-state index contributed by atoms with van der Waals surface area (Å²) in [5.41, 5.74) is 2.83. The zero-order chi connectivity index (χ0) is 22.3. The second kappa shape index (κ2) is 10.4. The predicted molar refractivity (Wildman–Crippen MR) is 130 cm³/mol. The van der Waals surface area contributed by atoms with E-state index in [0.29, 0.717) is 12.1 Å². The molecule has 32 heavy (non-hydrogen) atoms. The molecule has 0 aliphatic carbocycles. The molecule has 1 aliphatic rings. The van der Waals surface area contributed by atoms with Gasteiger partial charge < -0.3 is 15.1 Å². The lowest BCUT2D eigenvalue weighted by Crippen LogP contribution is -2.47. The molecule has 1 fully saturated rings. The summed E-state index contributed by atoms with van der Waals surface area (Å²) in [4.78, 5) is 31.2. The number of nitrogens with zero attached hydrogens (tertiary/aromatic N) is 2. The second-order valence-corrected chi connectivity index (χ2v) is 9.03. The third-order valence-corrected chi connectivity index (χ3v) is 6.64. The van der Waals surface area contributed by atoms with Gasteiger partial charge in [-0.25, -0.2) is 0 Å². The van der Waals surface area contributed by atoms with E-state index >= 15 is 0 Å². The van der Waals surface area contributed by atoms with E-state index in [1.54, 1.807) is 17.4 Å². The average molecular weight is 446 g/mol. The fourth-order valence-corrected chi connectivity index (χ4v) is 4.48. The number of piperazine rings is 1. The van der Waals surface area contributed by atoms with Gasteiger partial charge in [-0.15, -0.1) is 11.3 Å². The van der Waals surface area contributed by atoms with Gasteiger partial charge in [0.1, 0.15) is 0 Å². The molecule has 2 heterocycles. The van der Waals surface area contributed by atoms with Crippen molar-refractivity contribution in [3.8, 4) is 10.4 Å². The van der Waals surface area contributed by atoms with E-state index in [0.717, 1.165) is 36.6 Å². The summed E-state index contributed by atoms with van der Waals surface area (Å²) in [6.45, 7) is 3.75. The molecule has 0 spiro atoms. The summed E-state index contributed by atoms with van der Waals surface area (Å²) < 4.78 is 0. The highest BCUT2D eigenvalue weighted by Crippen LogP contribution is 2.28. The molecule has 0 unspecified atom stereocenters. The Kier molecular flexibility index (Phi) is 7.14. The molecule has 0 atom stereocenters. The number of hydrogen-bond donors (Lipinski definition) is 1. The summed E-state index contributed by atoms with van der Waals surface area (Å²) in [6.07, 6.45) is 3.40. The Morgan fingerprint density at radius 3 is 2.38 bits per heavy atom. The molecule has 5 nitrogen and oxygen atoms in total. The number of nitrogens with one attached hydrogen (secondary N) is 1. The zero-order valence-electron chi connectivity index (χ0n) is 18.2. The molecule has 0 bridgehead atoms. The van der Waals surface area contributed by atoms with Gasteiger partial charge in [0, 0.05) is 54.1 Å². The molecule has 6 heteroatoms. The molecule has 4 rings (SSSR count). The third-order valence-electron chi connectivity index (χ3n) is 5.54. The standard InChI is InChI=1S/C26H27N3O2S/c1-28-15-17-29(18-16-28)26(31)22-9-7-20(8-10-22)19-27-25(30)14-12-23-11-13-24(32-23)21-5-3-2-4-6-21/h2-14H,15-19H2,1H3,(H,27,30)/b14-12+. The van der Waals surface area contributed by atoms with Crippen LogP contribution in [0.25, 0.3) is 16.5 Å². The van der Waals surface area contributed by atoms with Crippen molar-refractivity contribution in [2.75, 3.05) is 33.2 Å². The van der Waals surface area contributed by atoms with E-state index in [2.05, 4.69) is 35.5 Å². The third kappa shape index (κ3) is 5.72. The molecule has 164 valence electrons. The number of carbonyl (C=O) groups excluding carboxylic acids is 2. The molecule has 1 aliphatic heterocycles. The van der Waals surface area contributed by atoms with Crippen LogP contribution in [-0.2, 0) is 11.3 Å². The van der Waals surface area contributed by atoms with E-state index < -0.39 is 0 Å². The minimum atomic E-state index is -0.141. The molecule has 1 saturated heterocycles. The van der Waals surface area contributed by atoms with Crippen molar-refractivity contribution in [1.82, 2.24) is 15.1 Å². The monoisotopic (exact) mass is 445 g/mol. The van der Waals surface area contributed by atoms with E-state index in [1.807, 2.05) is 59.5 Å². The van der Waals surface area contributed by atoms with Gasteiger partial charge in [0.05, 0.1) is 0 Å². The normalized spacial score (nSPS) is 14.6. The molecule has 2 aromatic carbocycles. The zero-order valence-corrected chi connectivity index (χ0v) is 19.0. The Labute approximate surface area is 193 Å². The van der Waals surface area contributed by atoms with Crippen molar-refractivity contribution in [3.05, 3.63) is 88.8 Å². The Morgan fingerprint density at radius 1 is 0.938 bits per heavy atom. The molecular formula is C26H27N3O2S. The van der Waals surface area contributed by atoms with Crippen LogP contribution in [0.15, 0.2) is 72.8 Å². The van der Waals surface area contributed by atoms with Crippen LogP contribution < -0.4 is 5.32 Å². The minimum Gasteiger partial charge on any atom is -0.348 e. The maximum Gasteiger partial charge on any atom is 0.253 e. The van der Waals surface area contributed by atoms with Gasteiger partial charge in [-0.1, -0.05) is 42.5 Å². The van der Waals surface area contributed by atoms with Crippen molar-refractivity contribution in [1.29, 1.82) is 0 Å². The van der Waals surface area contributed by atoms with E-state index in [4.69, 9.17) is 0 Å². The van der Waals surface area contributed by atoms with Crippen LogP contribution >= 0.6 is 11.3 Å². The van der Waals surface area contributed by atoms with Gasteiger partial charge in [-0.05, 0) is 48.5 Å². The number of likely N-dealkylation sites (N-methyl/N-ethyl adjacent to an activating group) is 1. The lowest BCUT2D eigenvalue weighted by molar-refractivity contribution is -0.116. The summed E-state index contributed by atoms with van der Waals surface area (Å²) in [5, 5.41) is 2.90. The van der Waals surface area contributed by atoms with Crippen molar-refractivity contribution >= 4 is 29.2 Å². The average Bonchev–Trinajstić information content (AvgIpc) is 3.31. The van der Waals surface area contributed by atoms with Crippen LogP contribution in [0.1, 0.15) is 20.8 Å². The highest BCUT2D eigenvalue weighted by atomic mass is 32.1. The highest BCUT2D eigenvalue weighted by molar-refractivity contribution is 7.16. The lowest BCUT2D eigenvalue weighted by atomic mass is 10.1. The summed E-state index contributed by atoms with van der Waals surface area (Å²) in [5.74, 6) is -0.0697. The SMILES string of the molecule is CN1CCN(C(=O)c2ccc(CNC(=O)/C=C/c3ccc(-c4ccccc4)s3)cc2)CC1. The second-order valence-electron chi connectivity index (χ2n) is 7.91. The van der Waals surface area contributed by atoms with Crippen molar-refractivity contribution in [3.63, 3.8) is 0 Å². The van der Waals surface area contributed by atoms with Crippen LogP contribution in [0.4, 0.5) is 0 Å². The molecule has 1 N–H and O–H groups in total. The van der Waals surface area contributed by atoms with Gasteiger partial charge in [-0.3, -0.25) is 9.59 Å². The number of benzene rings is 2. The maximum absolute atomic E-state index is 12.6. The van der Waals surface area contributed by atoms with Crippen LogP contribution in [0.3, 0.4) is 0 Å². The molecule has 1 aromatic heterocycles. The Hall–Kier alpha value is -3.22. The lowest BCUT2D eigenvalue weighted by Gasteiger charge is -2.32. The quantitative estimate of drug-likeness (QED) is 0.581. The molecule has 3 aromatic rings. The van der Waals surface area contributed by atoms with E-state index in [-0.39, 0.29) is 11.8 Å². The van der Waals surface area contributed by atoms with Crippen molar-refractivity contribution in [2.24, 2.45) is 0 Å². The van der Waals surface area contributed by atoms with Crippen LogP contribution in [0.2, 0.25) is 0 Å². The van der Waals surface area contributed by atoms with Gasteiger partial charge >= 0.3 is 0 Å². The van der Waals surface area contributed by atoms with Crippen molar-refractivity contribution < 1.29 is 9.59 Å². The predicted octanol–water partition coefficient (Wildman–Crippen LogP) is 4.13. The number of amides is 2. The fraction of sp³-hybridized carbons (Fsp3) is 0.231. The Bertz CT molecular complexity index is 1080. The first-order valence-corrected chi connectivity index (χ1v) is 11.6. The van der Waals surface area contributed by atoms with Crippen LogP contribution in [0.5, 0.6) is 0 Å². The maximum atomic E-state index is 12.6. The molecule has 0 saturated carbocycles. The largest absolute Gasteiger partial charge is 0.348 e.